The van der Waals surface area contributed by atoms with Gasteiger partial charge in [-0.1, -0.05) is 12.1 Å². The maximum absolute atomic E-state index is 12.4. The summed E-state index contributed by atoms with van der Waals surface area (Å²) < 4.78 is 27.3. The zero-order valence-electron chi connectivity index (χ0n) is 13.6. The van der Waals surface area contributed by atoms with Crippen LogP contribution in [0, 0.1) is 0 Å². The number of carboxylic acid groups (broad SMARTS) is 1. The van der Waals surface area contributed by atoms with E-state index in [-0.39, 0.29) is 10.5 Å². The van der Waals surface area contributed by atoms with Crippen LogP contribution in [-0.2, 0) is 10.0 Å². The Balaban J connectivity index is 1.76. The van der Waals surface area contributed by atoms with Crippen molar-refractivity contribution in [1.29, 1.82) is 0 Å². The van der Waals surface area contributed by atoms with E-state index in [4.69, 9.17) is 0 Å². The van der Waals surface area contributed by atoms with E-state index < -0.39 is 16.0 Å². The fourth-order valence-electron chi connectivity index (χ4n) is 2.90. The van der Waals surface area contributed by atoms with Gasteiger partial charge in [0.15, 0.2) is 0 Å². The molecule has 2 aromatic carbocycles. The number of nitrogens with zero attached hydrogens (tertiary/aromatic N) is 1. The number of hydrogen-bond acceptors (Lipinski definition) is 5. The molecule has 0 amide bonds. The van der Waals surface area contributed by atoms with Crippen LogP contribution in [0.4, 0.5) is 11.4 Å². The van der Waals surface area contributed by atoms with Crippen molar-refractivity contribution in [1.82, 2.24) is 0 Å². The number of aromatic carboxylic acids is 1. The van der Waals surface area contributed by atoms with Gasteiger partial charge in [-0.15, -0.1) is 0 Å². The third kappa shape index (κ3) is 4.11. The highest BCUT2D eigenvalue weighted by atomic mass is 32.2. The number of hydrogen-bond donors (Lipinski definition) is 1. The van der Waals surface area contributed by atoms with E-state index in [1.54, 1.807) is 12.1 Å². The van der Waals surface area contributed by atoms with Crippen LogP contribution in [0.5, 0.6) is 0 Å². The highest BCUT2D eigenvalue weighted by Gasteiger charge is 2.16. The first kappa shape index (κ1) is 17.3. The summed E-state index contributed by atoms with van der Waals surface area (Å²) in [6.07, 6.45) is 3.59. The highest BCUT2D eigenvalue weighted by molar-refractivity contribution is 7.92. The first-order valence-corrected chi connectivity index (χ1v) is 9.63. The van der Waals surface area contributed by atoms with Crippen molar-refractivity contribution in [2.75, 3.05) is 22.7 Å². The van der Waals surface area contributed by atoms with Crippen LogP contribution in [0.1, 0.15) is 29.6 Å². The second kappa shape index (κ2) is 7.14. The van der Waals surface area contributed by atoms with E-state index in [0.717, 1.165) is 24.8 Å². The normalized spacial score (nSPS) is 15.0. The lowest BCUT2D eigenvalue weighted by Gasteiger charge is -2.28. The minimum absolute atomic E-state index is 0.116. The number of carboxylic acids is 1. The summed E-state index contributed by atoms with van der Waals surface area (Å²) in [7, 11) is -3.86. The quantitative estimate of drug-likeness (QED) is 0.880. The Hall–Kier alpha value is -2.54. The molecular weight excluding hydrogens is 340 g/mol. The number of rotatable bonds is 5. The topological polar surface area (TPSA) is 89.5 Å². The van der Waals surface area contributed by atoms with Crippen LogP contribution >= 0.6 is 0 Å². The summed E-state index contributed by atoms with van der Waals surface area (Å²) in [6.45, 7) is 2.03. The molecule has 7 heteroatoms. The van der Waals surface area contributed by atoms with Crippen LogP contribution in [-0.4, -0.2) is 27.5 Å². The molecule has 0 bridgehead atoms. The molecule has 1 N–H and O–H groups in total. The van der Waals surface area contributed by atoms with Gasteiger partial charge in [0.25, 0.3) is 10.0 Å². The highest BCUT2D eigenvalue weighted by Crippen LogP contribution is 2.23. The van der Waals surface area contributed by atoms with E-state index in [1.807, 2.05) is 12.1 Å². The monoisotopic (exact) mass is 359 g/mol. The zero-order valence-corrected chi connectivity index (χ0v) is 14.5. The summed E-state index contributed by atoms with van der Waals surface area (Å²) in [4.78, 5) is 13.1. The van der Waals surface area contributed by atoms with Crippen LogP contribution < -0.4 is 14.7 Å². The van der Waals surface area contributed by atoms with Gasteiger partial charge in [-0.25, -0.2) is 8.42 Å². The van der Waals surface area contributed by atoms with Crippen molar-refractivity contribution in [3.63, 3.8) is 0 Å². The van der Waals surface area contributed by atoms with Crippen LogP contribution in [0.25, 0.3) is 0 Å². The molecule has 0 saturated carbocycles. The van der Waals surface area contributed by atoms with Crippen LogP contribution in [0.3, 0.4) is 0 Å². The Morgan fingerprint density at radius 3 is 2.32 bits per heavy atom. The predicted molar refractivity (Wildman–Crippen MR) is 94.1 cm³/mol. The molecule has 1 fully saturated rings. The molecule has 2 aromatic rings. The molecule has 0 aliphatic carbocycles. The lowest BCUT2D eigenvalue weighted by Crippen LogP contribution is -2.29. The van der Waals surface area contributed by atoms with Crippen molar-refractivity contribution >= 4 is 27.4 Å². The minimum Gasteiger partial charge on any atom is -0.545 e. The van der Waals surface area contributed by atoms with Gasteiger partial charge in [-0.05, 0) is 61.2 Å². The molecule has 132 valence electrons. The van der Waals surface area contributed by atoms with E-state index in [2.05, 4.69) is 9.62 Å². The Morgan fingerprint density at radius 1 is 1.00 bits per heavy atom. The number of benzene rings is 2. The van der Waals surface area contributed by atoms with Crippen LogP contribution in [0.2, 0.25) is 0 Å². The zero-order chi connectivity index (χ0) is 17.9. The smallest absolute Gasteiger partial charge is 0.261 e. The molecule has 6 nitrogen and oxygen atoms in total. The molecular formula is C18H19N2O4S-. The predicted octanol–water partition coefficient (Wildman–Crippen LogP) is 1.84. The molecule has 1 aliphatic heterocycles. The summed E-state index contributed by atoms with van der Waals surface area (Å²) in [5.41, 5.74) is 1.32. The lowest BCUT2D eigenvalue weighted by molar-refractivity contribution is -0.255. The molecule has 25 heavy (non-hydrogen) atoms. The molecule has 0 spiro atoms. The van der Waals surface area contributed by atoms with E-state index >= 15 is 0 Å². The largest absolute Gasteiger partial charge is 0.545 e. The van der Waals surface area contributed by atoms with Gasteiger partial charge in [-0.2, -0.15) is 0 Å². The molecule has 0 aromatic heterocycles. The first-order valence-electron chi connectivity index (χ1n) is 8.15. The summed E-state index contributed by atoms with van der Waals surface area (Å²) in [5, 5.41) is 10.9. The second-order valence-corrected chi connectivity index (χ2v) is 7.70. The lowest BCUT2D eigenvalue weighted by atomic mass is 10.1. The Morgan fingerprint density at radius 2 is 1.68 bits per heavy atom. The van der Waals surface area contributed by atoms with Gasteiger partial charge in [-0.3, -0.25) is 4.72 Å². The average molecular weight is 359 g/mol. The average Bonchev–Trinajstić information content (AvgIpc) is 2.63. The van der Waals surface area contributed by atoms with Crippen molar-refractivity contribution in [2.24, 2.45) is 0 Å². The van der Waals surface area contributed by atoms with Gasteiger partial charge in [0.2, 0.25) is 0 Å². The van der Waals surface area contributed by atoms with Gasteiger partial charge in [0.05, 0.1) is 10.9 Å². The van der Waals surface area contributed by atoms with E-state index in [0.29, 0.717) is 5.69 Å². The molecule has 1 heterocycles. The number of anilines is 2. The number of nitrogens with one attached hydrogen (secondary N) is 1. The van der Waals surface area contributed by atoms with Gasteiger partial charge >= 0.3 is 0 Å². The van der Waals surface area contributed by atoms with Crippen molar-refractivity contribution in [2.45, 2.75) is 24.2 Å². The maximum Gasteiger partial charge on any atom is 0.261 e. The summed E-state index contributed by atoms with van der Waals surface area (Å²) in [6, 6.07) is 12.3. The number of piperidine rings is 1. The Labute approximate surface area is 147 Å². The number of carbonyl (C=O) groups excluding carboxylic acids is 1. The third-order valence-electron chi connectivity index (χ3n) is 4.22. The first-order chi connectivity index (χ1) is 12.0. The molecule has 0 atom stereocenters. The van der Waals surface area contributed by atoms with Gasteiger partial charge in [0.1, 0.15) is 0 Å². The Bertz CT molecular complexity index is 857. The van der Waals surface area contributed by atoms with Crippen molar-refractivity contribution in [3.05, 3.63) is 54.1 Å². The summed E-state index contributed by atoms with van der Waals surface area (Å²) in [5.74, 6) is -1.41. The van der Waals surface area contributed by atoms with E-state index in [1.165, 1.54) is 37.5 Å². The fraction of sp³-hybridized carbons (Fsp3) is 0.278. The molecule has 0 radical (unpaired) electrons. The second-order valence-electron chi connectivity index (χ2n) is 6.02. The third-order valence-corrected chi connectivity index (χ3v) is 5.60. The standard InChI is InChI=1S/C18H20N2O4S/c21-18(22)14-5-4-6-17(13-14)25(23,24)19-15-7-9-16(10-8-15)20-11-2-1-3-12-20/h4-10,13,19H,1-3,11-12H2,(H,21,22)/p-1. The fourth-order valence-corrected chi connectivity index (χ4v) is 4.00. The van der Waals surface area contributed by atoms with Crippen molar-refractivity contribution in [3.8, 4) is 0 Å². The minimum atomic E-state index is -3.86. The molecule has 1 saturated heterocycles. The number of sulfonamides is 1. The van der Waals surface area contributed by atoms with Crippen molar-refractivity contribution < 1.29 is 18.3 Å². The number of carbonyl (C=O) groups is 1. The molecule has 1 aliphatic rings. The SMILES string of the molecule is O=C([O-])c1cccc(S(=O)(=O)Nc2ccc(N3CCCCC3)cc2)c1. The van der Waals surface area contributed by atoms with Crippen LogP contribution in [0.15, 0.2) is 53.4 Å². The maximum atomic E-state index is 12.4. The molecule has 0 unspecified atom stereocenters. The van der Waals surface area contributed by atoms with Gasteiger partial charge in [0, 0.05) is 24.5 Å². The molecule has 3 rings (SSSR count). The summed E-state index contributed by atoms with van der Waals surface area (Å²) >= 11 is 0. The van der Waals surface area contributed by atoms with E-state index in [9.17, 15) is 18.3 Å². The van der Waals surface area contributed by atoms with Gasteiger partial charge < -0.3 is 14.8 Å². The Kier molecular flexibility index (Phi) is 4.94.